The molecular weight excluding hydrogens is 455 g/mol. The van der Waals surface area contributed by atoms with Crippen molar-refractivity contribution >= 4 is 23.2 Å². The number of pyridine rings is 1. The van der Waals surface area contributed by atoms with Crippen LogP contribution in [0.15, 0.2) is 67.0 Å². The second kappa shape index (κ2) is 7.40. The maximum absolute atomic E-state index is 12.9. The van der Waals surface area contributed by atoms with Gasteiger partial charge in [0.2, 0.25) is 0 Å². The highest BCUT2D eigenvalue weighted by Crippen LogP contribution is 2.32. The number of rotatable bonds is 2. The smallest absolute Gasteiger partial charge is 0.261 e. The lowest BCUT2D eigenvalue weighted by molar-refractivity contribution is -0.671. The summed E-state index contributed by atoms with van der Waals surface area (Å²) in [5, 5.41) is 2.77. The number of aromatic nitrogens is 1. The number of nitrogens with one attached hydrogen (secondary N) is 1. The summed E-state index contributed by atoms with van der Waals surface area (Å²) in [5.74, 6) is -0.809. The van der Waals surface area contributed by atoms with Gasteiger partial charge in [0.1, 0.15) is 12.6 Å². The van der Waals surface area contributed by atoms with Gasteiger partial charge < -0.3 is 29.3 Å². The van der Waals surface area contributed by atoms with Crippen LogP contribution in [-0.2, 0) is 7.05 Å². The zero-order valence-electron chi connectivity index (χ0n) is 14.4. The van der Waals surface area contributed by atoms with E-state index in [0.717, 1.165) is 0 Å². The zero-order valence-corrected chi connectivity index (χ0v) is 16.6. The standard InChI is InChI=1S/C21H14N2O3.HI/c1-23-11-5-6-13(12-23)21(26)22-17-10-4-9-16-18(17)20(25)15-8-3-2-7-14(15)19(16)24;/h2-12H,1H3;1H. The first kappa shape index (κ1) is 18.9. The maximum atomic E-state index is 12.9. The summed E-state index contributed by atoms with van der Waals surface area (Å²) in [6.45, 7) is 0. The van der Waals surface area contributed by atoms with E-state index < -0.39 is 0 Å². The fraction of sp³-hybridized carbons (Fsp3) is 0.0476. The van der Waals surface area contributed by atoms with E-state index in [4.69, 9.17) is 0 Å². The molecule has 3 aromatic rings. The fourth-order valence-electron chi connectivity index (χ4n) is 3.17. The Morgan fingerprint density at radius 2 is 1.52 bits per heavy atom. The van der Waals surface area contributed by atoms with Gasteiger partial charge >= 0.3 is 0 Å². The summed E-state index contributed by atoms with van der Waals surface area (Å²) >= 11 is 0. The number of carbonyl (C=O) groups excluding carboxylic acids is 3. The molecule has 134 valence electrons. The van der Waals surface area contributed by atoms with Crippen molar-refractivity contribution in [2.24, 2.45) is 7.05 Å². The Morgan fingerprint density at radius 3 is 2.22 bits per heavy atom. The summed E-state index contributed by atoms with van der Waals surface area (Å²) in [4.78, 5) is 38.2. The van der Waals surface area contributed by atoms with Gasteiger partial charge in [-0.2, -0.15) is 0 Å². The Bertz CT molecular complexity index is 1090. The second-order valence-corrected chi connectivity index (χ2v) is 6.14. The van der Waals surface area contributed by atoms with Crippen LogP contribution in [-0.4, -0.2) is 17.5 Å². The minimum Gasteiger partial charge on any atom is -1.00 e. The molecule has 0 radical (unpaired) electrons. The molecule has 4 rings (SSSR count). The van der Waals surface area contributed by atoms with Gasteiger partial charge in [-0.3, -0.25) is 14.4 Å². The summed E-state index contributed by atoms with van der Waals surface area (Å²) in [7, 11) is 1.82. The van der Waals surface area contributed by atoms with Gasteiger partial charge in [-0.05, 0) is 12.1 Å². The molecule has 1 amide bonds. The average Bonchev–Trinajstić information content (AvgIpc) is 2.66. The number of amides is 1. The van der Waals surface area contributed by atoms with Gasteiger partial charge in [0.15, 0.2) is 24.0 Å². The first-order valence-corrected chi connectivity index (χ1v) is 8.14. The molecule has 5 nitrogen and oxygen atoms in total. The summed E-state index contributed by atoms with van der Waals surface area (Å²) in [6, 6.07) is 15.1. The molecule has 0 saturated heterocycles. The minimum absolute atomic E-state index is 0. The van der Waals surface area contributed by atoms with E-state index in [1.807, 2.05) is 13.2 Å². The highest BCUT2D eigenvalue weighted by Gasteiger charge is 2.31. The number of halogens is 1. The van der Waals surface area contributed by atoms with Gasteiger partial charge in [-0.15, -0.1) is 0 Å². The van der Waals surface area contributed by atoms with Gasteiger partial charge in [0.05, 0.1) is 11.3 Å². The molecule has 1 aromatic heterocycles. The number of hydrogen-bond acceptors (Lipinski definition) is 3. The van der Waals surface area contributed by atoms with Crippen LogP contribution < -0.4 is 33.9 Å². The van der Waals surface area contributed by atoms with Crippen molar-refractivity contribution in [2.75, 3.05) is 5.32 Å². The molecule has 1 N–H and O–H groups in total. The minimum atomic E-state index is -0.339. The lowest BCUT2D eigenvalue weighted by atomic mass is 9.83. The van der Waals surface area contributed by atoms with Gasteiger partial charge in [0.25, 0.3) is 5.91 Å². The summed E-state index contributed by atoms with van der Waals surface area (Å²) in [5.41, 5.74) is 2.10. The monoisotopic (exact) mass is 470 g/mol. The lowest BCUT2D eigenvalue weighted by Crippen LogP contribution is -3.00. The third kappa shape index (κ3) is 3.28. The van der Waals surface area contributed by atoms with E-state index in [2.05, 4.69) is 5.32 Å². The predicted octanol–water partition coefficient (Wildman–Crippen LogP) is -0.457. The van der Waals surface area contributed by atoms with Gasteiger partial charge in [-0.1, -0.05) is 36.4 Å². The topological polar surface area (TPSA) is 67.1 Å². The lowest BCUT2D eigenvalue weighted by Gasteiger charge is -2.20. The van der Waals surface area contributed by atoms with Crippen molar-refractivity contribution in [3.05, 3.63) is 94.8 Å². The average molecular weight is 470 g/mol. The Balaban J connectivity index is 0.00000210. The molecule has 0 fully saturated rings. The Morgan fingerprint density at radius 1 is 0.852 bits per heavy atom. The van der Waals surface area contributed by atoms with Crippen LogP contribution in [0.1, 0.15) is 42.2 Å². The molecule has 0 saturated carbocycles. The van der Waals surface area contributed by atoms with E-state index in [1.165, 1.54) is 0 Å². The van der Waals surface area contributed by atoms with Crippen LogP contribution in [0.4, 0.5) is 5.69 Å². The Labute approximate surface area is 173 Å². The highest BCUT2D eigenvalue weighted by atomic mass is 127. The SMILES string of the molecule is C[n+]1cccc(C(=O)Nc2cccc3c2C(=O)c2ccccc2C3=O)c1.[I-]. The molecule has 0 atom stereocenters. The number of nitrogens with zero attached hydrogens (tertiary/aromatic N) is 1. The van der Waals surface area contributed by atoms with Crippen molar-refractivity contribution in [3.8, 4) is 0 Å². The largest absolute Gasteiger partial charge is 1.00 e. The zero-order chi connectivity index (χ0) is 18.3. The van der Waals surface area contributed by atoms with E-state index in [-0.39, 0.29) is 47.0 Å². The molecule has 0 spiro atoms. The Hall–Kier alpha value is -2.87. The molecule has 0 aliphatic heterocycles. The predicted molar refractivity (Wildman–Crippen MR) is 95.3 cm³/mol. The van der Waals surface area contributed by atoms with Crippen LogP contribution in [0.3, 0.4) is 0 Å². The first-order chi connectivity index (χ1) is 12.6. The van der Waals surface area contributed by atoms with E-state index in [0.29, 0.717) is 27.9 Å². The summed E-state index contributed by atoms with van der Waals surface area (Å²) in [6.07, 6.45) is 3.51. The third-order valence-corrected chi connectivity index (χ3v) is 4.40. The molecule has 27 heavy (non-hydrogen) atoms. The van der Waals surface area contributed by atoms with Crippen LogP contribution >= 0.6 is 0 Å². The van der Waals surface area contributed by atoms with Crippen LogP contribution in [0, 0.1) is 0 Å². The molecule has 6 heteroatoms. The highest BCUT2D eigenvalue weighted by molar-refractivity contribution is 6.30. The molecule has 2 aromatic carbocycles. The van der Waals surface area contributed by atoms with E-state index in [1.54, 1.807) is 65.4 Å². The normalized spacial score (nSPS) is 11.9. The molecular formula is C21H15IN2O3. The maximum Gasteiger partial charge on any atom is 0.261 e. The Kier molecular flexibility index (Phi) is 5.18. The fourth-order valence-corrected chi connectivity index (χ4v) is 3.17. The number of anilines is 1. The van der Waals surface area contributed by atoms with Crippen LogP contribution in [0.2, 0.25) is 0 Å². The van der Waals surface area contributed by atoms with Crippen LogP contribution in [0.5, 0.6) is 0 Å². The first-order valence-electron chi connectivity index (χ1n) is 8.14. The number of ketones is 2. The van der Waals surface area contributed by atoms with Crippen molar-refractivity contribution in [3.63, 3.8) is 0 Å². The van der Waals surface area contributed by atoms with E-state index >= 15 is 0 Å². The van der Waals surface area contributed by atoms with Gasteiger partial charge in [-0.25, -0.2) is 4.57 Å². The number of hydrogen-bond donors (Lipinski definition) is 1. The van der Waals surface area contributed by atoms with E-state index in [9.17, 15) is 14.4 Å². The molecule has 1 aliphatic carbocycles. The van der Waals surface area contributed by atoms with Crippen molar-refractivity contribution in [1.82, 2.24) is 0 Å². The third-order valence-electron chi connectivity index (χ3n) is 4.40. The molecule has 0 bridgehead atoms. The second-order valence-electron chi connectivity index (χ2n) is 6.14. The van der Waals surface area contributed by atoms with Crippen LogP contribution in [0.25, 0.3) is 0 Å². The molecule has 1 heterocycles. The number of benzene rings is 2. The number of fused-ring (bicyclic) bond motifs is 2. The van der Waals surface area contributed by atoms with Crippen molar-refractivity contribution in [2.45, 2.75) is 0 Å². The van der Waals surface area contributed by atoms with Crippen molar-refractivity contribution in [1.29, 1.82) is 0 Å². The van der Waals surface area contributed by atoms with Crippen molar-refractivity contribution < 1.29 is 42.9 Å². The molecule has 0 unspecified atom stereocenters. The quantitative estimate of drug-likeness (QED) is 0.319. The summed E-state index contributed by atoms with van der Waals surface area (Å²) < 4.78 is 1.76. The molecule has 1 aliphatic rings. The van der Waals surface area contributed by atoms with Gasteiger partial charge in [0, 0.05) is 22.8 Å². The number of aryl methyl sites for hydroxylation is 1. The number of carbonyl (C=O) groups is 3.